The molecule has 2 aromatic heterocycles. The number of halogens is 1. The van der Waals surface area contributed by atoms with Gasteiger partial charge in [0.25, 0.3) is 0 Å². The highest BCUT2D eigenvalue weighted by Gasteiger charge is 2.18. The monoisotopic (exact) mass is 413 g/mol. The SMILES string of the molecule is Nc1c(NC2CCCCC2)ncnc1Oc1ccc(Br)c2cccnc12. The van der Waals surface area contributed by atoms with E-state index >= 15 is 0 Å². The Bertz CT molecular complexity index is 927. The first kappa shape index (κ1) is 17.0. The molecular weight excluding hydrogens is 394 g/mol. The molecule has 0 spiro atoms. The summed E-state index contributed by atoms with van der Waals surface area (Å²) in [6.45, 7) is 0. The summed E-state index contributed by atoms with van der Waals surface area (Å²) in [6, 6.07) is 8.07. The minimum absolute atomic E-state index is 0.340. The Labute approximate surface area is 160 Å². The fourth-order valence-corrected chi connectivity index (χ4v) is 3.77. The lowest BCUT2D eigenvalue weighted by molar-refractivity contribution is 0.458. The van der Waals surface area contributed by atoms with Gasteiger partial charge in [0.05, 0.1) is 0 Å². The molecule has 3 N–H and O–H groups in total. The average Bonchev–Trinajstić information content (AvgIpc) is 2.68. The first-order chi connectivity index (χ1) is 12.7. The zero-order chi connectivity index (χ0) is 17.9. The van der Waals surface area contributed by atoms with E-state index in [4.69, 9.17) is 10.5 Å². The molecule has 26 heavy (non-hydrogen) atoms. The lowest BCUT2D eigenvalue weighted by Gasteiger charge is -2.24. The molecule has 6 nitrogen and oxygen atoms in total. The van der Waals surface area contributed by atoms with Crippen molar-refractivity contribution in [2.24, 2.45) is 0 Å². The van der Waals surface area contributed by atoms with Crippen molar-refractivity contribution in [2.75, 3.05) is 11.1 Å². The second-order valence-corrected chi connectivity index (χ2v) is 7.32. The second-order valence-electron chi connectivity index (χ2n) is 6.47. The van der Waals surface area contributed by atoms with Crippen LogP contribution in [0.25, 0.3) is 10.9 Å². The van der Waals surface area contributed by atoms with Gasteiger partial charge in [-0.05, 0) is 31.0 Å². The highest BCUT2D eigenvalue weighted by atomic mass is 79.9. The Balaban J connectivity index is 1.63. The normalized spacial score (nSPS) is 15.1. The molecule has 2 heterocycles. The number of hydrogen-bond donors (Lipinski definition) is 2. The van der Waals surface area contributed by atoms with Gasteiger partial charge in [-0.3, -0.25) is 4.98 Å². The van der Waals surface area contributed by atoms with Crippen LogP contribution >= 0.6 is 15.9 Å². The molecule has 1 aliphatic rings. The van der Waals surface area contributed by atoms with E-state index in [0.29, 0.717) is 29.2 Å². The van der Waals surface area contributed by atoms with Crippen LogP contribution in [0.2, 0.25) is 0 Å². The molecule has 1 fully saturated rings. The number of aromatic nitrogens is 3. The van der Waals surface area contributed by atoms with Gasteiger partial charge in [0.15, 0.2) is 11.6 Å². The van der Waals surface area contributed by atoms with E-state index in [9.17, 15) is 0 Å². The zero-order valence-corrected chi connectivity index (χ0v) is 15.9. The van der Waals surface area contributed by atoms with Crippen LogP contribution in [0, 0.1) is 0 Å². The summed E-state index contributed by atoms with van der Waals surface area (Å²) < 4.78 is 6.97. The van der Waals surface area contributed by atoms with Crippen molar-refractivity contribution in [3.8, 4) is 11.6 Å². The van der Waals surface area contributed by atoms with Crippen molar-refractivity contribution in [3.63, 3.8) is 0 Å². The number of anilines is 2. The van der Waals surface area contributed by atoms with Crippen molar-refractivity contribution < 1.29 is 4.74 Å². The van der Waals surface area contributed by atoms with Crippen LogP contribution in [-0.2, 0) is 0 Å². The number of benzene rings is 1. The summed E-state index contributed by atoms with van der Waals surface area (Å²) in [6.07, 6.45) is 9.27. The van der Waals surface area contributed by atoms with Gasteiger partial charge in [0.1, 0.15) is 17.5 Å². The van der Waals surface area contributed by atoms with E-state index in [-0.39, 0.29) is 0 Å². The number of nitrogens with one attached hydrogen (secondary N) is 1. The standard InChI is InChI=1S/C19H20BrN5O/c20-14-8-9-15(17-13(14)7-4-10-22-17)26-19-16(21)18(23-11-24-19)25-12-5-2-1-3-6-12/h4,7-12H,1-3,5-6,21H2,(H,23,24,25). The molecule has 4 rings (SSSR count). The molecule has 134 valence electrons. The van der Waals surface area contributed by atoms with Crippen LogP contribution < -0.4 is 15.8 Å². The summed E-state index contributed by atoms with van der Waals surface area (Å²) in [4.78, 5) is 12.9. The smallest absolute Gasteiger partial charge is 0.248 e. The molecule has 7 heteroatoms. The molecule has 0 aliphatic heterocycles. The van der Waals surface area contributed by atoms with Crippen LogP contribution in [0.5, 0.6) is 11.6 Å². The Morgan fingerprint density at radius 3 is 2.77 bits per heavy atom. The van der Waals surface area contributed by atoms with E-state index in [0.717, 1.165) is 28.2 Å². The lowest BCUT2D eigenvalue weighted by atomic mass is 9.95. The van der Waals surface area contributed by atoms with Crippen molar-refractivity contribution in [2.45, 2.75) is 38.1 Å². The number of nitrogens with zero attached hydrogens (tertiary/aromatic N) is 3. The van der Waals surface area contributed by atoms with Crippen LogP contribution in [0.15, 0.2) is 41.3 Å². The van der Waals surface area contributed by atoms with Gasteiger partial charge in [-0.25, -0.2) is 4.98 Å². The molecule has 1 aromatic carbocycles. The summed E-state index contributed by atoms with van der Waals surface area (Å²) in [5, 5.41) is 4.41. The lowest BCUT2D eigenvalue weighted by Crippen LogP contribution is -2.23. The molecule has 1 saturated carbocycles. The molecule has 3 aromatic rings. The molecule has 0 saturated heterocycles. The number of nitrogen functional groups attached to an aromatic ring is 1. The molecule has 0 atom stereocenters. The van der Waals surface area contributed by atoms with Gasteiger partial charge in [-0.15, -0.1) is 0 Å². The van der Waals surface area contributed by atoms with Crippen LogP contribution in [0.1, 0.15) is 32.1 Å². The van der Waals surface area contributed by atoms with E-state index in [1.807, 2.05) is 24.3 Å². The predicted octanol–water partition coefficient (Wildman–Crippen LogP) is 4.91. The highest BCUT2D eigenvalue weighted by molar-refractivity contribution is 9.10. The van der Waals surface area contributed by atoms with E-state index in [2.05, 4.69) is 36.2 Å². The fraction of sp³-hybridized carbons (Fsp3) is 0.316. The quantitative estimate of drug-likeness (QED) is 0.631. The van der Waals surface area contributed by atoms with Crippen molar-refractivity contribution in [1.29, 1.82) is 0 Å². The summed E-state index contributed by atoms with van der Waals surface area (Å²) >= 11 is 3.54. The molecular formula is C19H20BrN5O. The third-order valence-corrected chi connectivity index (χ3v) is 5.37. The Morgan fingerprint density at radius 1 is 1.08 bits per heavy atom. The first-order valence-electron chi connectivity index (χ1n) is 8.80. The number of fused-ring (bicyclic) bond motifs is 1. The van der Waals surface area contributed by atoms with E-state index < -0.39 is 0 Å². The molecule has 1 aliphatic carbocycles. The van der Waals surface area contributed by atoms with Crippen LogP contribution in [0.4, 0.5) is 11.5 Å². The molecule has 0 radical (unpaired) electrons. The topological polar surface area (TPSA) is 86.0 Å². The number of ether oxygens (including phenoxy) is 1. The number of rotatable bonds is 4. The van der Waals surface area contributed by atoms with E-state index in [1.165, 1.54) is 25.6 Å². The van der Waals surface area contributed by atoms with Crippen LogP contribution in [0.3, 0.4) is 0 Å². The second kappa shape index (κ2) is 7.45. The van der Waals surface area contributed by atoms with Crippen molar-refractivity contribution in [1.82, 2.24) is 15.0 Å². The third-order valence-electron chi connectivity index (χ3n) is 4.68. The molecule has 0 amide bonds. The van der Waals surface area contributed by atoms with Gasteiger partial charge in [0, 0.05) is 22.1 Å². The van der Waals surface area contributed by atoms with Gasteiger partial charge in [0.2, 0.25) is 5.88 Å². The highest BCUT2D eigenvalue weighted by Crippen LogP contribution is 2.35. The number of pyridine rings is 1. The van der Waals surface area contributed by atoms with Crippen molar-refractivity contribution in [3.05, 3.63) is 41.3 Å². The average molecular weight is 414 g/mol. The summed E-state index contributed by atoms with van der Waals surface area (Å²) in [7, 11) is 0. The first-order valence-corrected chi connectivity index (χ1v) is 9.60. The molecule has 0 bridgehead atoms. The van der Waals surface area contributed by atoms with Gasteiger partial charge in [-0.1, -0.05) is 41.3 Å². The maximum absolute atomic E-state index is 6.28. The van der Waals surface area contributed by atoms with Gasteiger partial charge in [-0.2, -0.15) is 4.98 Å². The van der Waals surface area contributed by atoms with Gasteiger partial charge < -0.3 is 15.8 Å². The Hall–Kier alpha value is -2.41. The Kier molecular flexibility index (Phi) is 4.88. The minimum Gasteiger partial charge on any atom is -0.435 e. The fourth-order valence-electron chi connectivity index (χ4n) is 3.31. The van der Waals surface area contributed by atoms with Crippen LogP contribution in [-0.4, -0.2) is 21.0 Å². The zero-order valence-electron chi connectivity index (χ0n) is 14.3. The summed E-state index contributed by atoms with van der Waals surface area (Å²) in [5.74, 6) is 1.58. The largest absolute Gasteiger partial charge is 0.435 e. The Morgan fingerprint density at radius 2 is 1.92 bits per heavy atom. The maximum atomic E-state index is 6.28. The number of nitrogens with two attached hydrogens (primary N) is 1. The van der Waals surface area contributed by atoms with Gasteiger partial charge >= 0.3 is 0 Å². The minimum atomic E-state index is 0.340. The summed E-state index contributed by atoms with van der Waals surface area (Å²) in [5.41, 5.74) is 7.45. The predicted molar refractivity (Wildman–Crippen MR) is 106 cm³/mol. The third kappa shape index (κ3) is 3.44. The maximum Gasteiger partial charge on any atom is 0.248 e. The van der Waals surface area contributed by atoms with Crippen molar-refractivity contribution >= 4 is 38.3 Å². The molecule has 0 unspecified atom stereocenters. The van der Waals surface area contributed by atoms with E-state index in [1.54, 1.807) is 6.20 Å². The number of hydrogen-bond acceptors (Lipinski definition) is 6.